The van der Waals surface area contributed by atoms with E-state index in [4.69, 9.17) is 9.15 Å². The molecule has 4 rings (SSSR count). The highest BCUT2D eigenvalue weighted by Crippen LogP contribution is 2.27. The van der Waals surface area contributed by atoms with E-state index in [1.54, 1.807) is 6.07 Å². The fourth-order valence-electron chi connectivity index (χ4n) is 3.70. The zero-order valence-corrected chi connectivity index (χ0v) is 18.9. The van der Waals surface area contributed by atoms with Crippen molar-refractivity contribution in [1.82, 2.24) is 4.98 Å². The van der Waals surface area contributed by atoms with E-state index in [2.05, 4.69) is 44.1 Å². The maximum atomic E-state index is 12.4. The summed E-state index contributed by atoms with van der Waals surface area (Å²) in [5.41, 5.74) is 6.55. The van der Waals surface area contributed by atoms with Crippen molar-refractivity contribution in [3.63, 3.8) is 0 Å². The van der Waals surface area contributed by atoms with Crippen molar-refractivity contribution in [3.05, 3.63) is 77.4 Å². The molecule has 0 saturated carbocycles. The Kier molecular flexibility index (Phi) is 6.26. The normalized spacial score (nSPS) is 12.0. The Bertz CT molecular complexity index is 1220. The number of ether oxygens (including phenoxy) is 1. The van der Waals surface area contributed by atoms with Gasteiger partial charge in [-0.15, -0.1) is 0 Å². The van der Waals surface area contributed by atoms with Gasteiger partial charge in [-0.05, 0) is 74.2 Å². The summed E-state index contributed by atoms with van der Waals surface area (Å²) in [6.07, 6.45) is 1.09. The molecule has 0 aliphatic heterocycles. The van der Waals surface area contributed by atoms with Crippen LogP contribution in [0, 0.1) is 13.8 Å². The maximum Gasteiger partial charge on any atom is 0.262 e. The second-order valence-electron chi connectivity index (χ2n) is 8.29. The molecule has 0 saturated heterocycles. The lowest BCUT2D eigenvalue weighted by Crippen LogP contribution is -2.20. The lowest BCUT2D eigenvalue weighted by atomic mass is 9.99. The molecule has 0 radical (unpaired) electrons. The van der Waals surface area contributed by atoms with E-state index < -0.39 is 0 Å². The molecule has 1 amide bonds. The molecular weight excluding hydrogens is 400 g/mol. The van der Waals surface area contributed by atoms with E-state index >= 15 is 0 Å². The maximum absolute atomic E-state index is 12.4. The minimum absolute atomic E-state index is 0.0622. The van der Waals surface area contributed by atoms with Crippen molar-refractivity contribution in [2.45, 2.75) is 40.0 Å². The number of aromatic nitrogens is 1. The van der Waals surface area contributed by atoms with Crippen LogP contribution in [-0.4, -0.2) is 17.5 Å². The summed E-state index contributed by atoms with van der Waals surface area (Å²) < 4.78 is 11.5. The Morgan fingerprint density at radius 3 is 2.44 bits per heavy atom. The minimum Gasteiger partial charge on any atom is -0.484 e. The fourth-order valence-corrected chi connectivity index (χ4v) is 3.70. The molecule has 0 aliphatic rings. The predicted molar refractivity (Wildman–Crippen MR) is 128 cm³/mol. The van der Waals surface area contributed by atoms with E-state index in [1.807, 2.05) is 48.5 Å². The van der Waals surface area contributed by atoms with Crippen LogP contribution in [0.25, 0.3) is 22.6 Å². The van der Waals surface area contributed by atoms with Gasteiger partial charge in [-0.1, -0.05) is 43.2 Å². The van der Waals surface area contributed by atoms with Crippen molar-refractivity contribution in [1.29, 1.82) is 0 Å². The van der Waals surface area contributed by atoms with Crippen molar-refractivity contribution >= 4 is 22.7 Å². The van der Waals surface area contributed by atoms with Gasteiger partial charge in [0.05, 0.1) is 0 Å². The summed E-state index contributed by atoms with van der Waals surface area (Å²) in [5.74, 6) is 1.53. The molecule has 0 unspecified atom stereocenters. The second kappa shape index (κ2) is 9.27. The molecule has 1 atom stereocenters. The molecule has 0 spiro atoms. The SMILES string of the molecule is CC[C@H](C)c1ccc(OCC(=O)Nc2ccc3oc(-c4cc(C)cc(C)c4)nc3c2)cc1. The van der Waals surface area contributed by atoms with Crippen LogP contribution >= 0.6 is 0 Å². The van der Waals surface area contributed by atoms with Gasteiger partial charge < -0.3 is 14.5 Å². The van der Waals surface area contributed by atoms with Gasteiger partial charge in [-0.2, -0.15) is 0 Å². The number of fused-ring (bicyclic) bond motifs is 1. The average molecular weight is 429 g/mol. The Morgan fingerprint density at radius 2 is 1.75 bits per heavy atom. The number of benzene rings is 3. The third-order valence-electron chi connectivity index (χ3n) is 5.57. The molecule has 0 fully saturated rings. The average Bonchev–Trinajstić information content (AvgIpc) is 3.20. The number of rotatable bonds is 7. The van der Waals surface area contributed by atoms with Crippen LogP contribution in [0.15, 0.2) is 65.1 Å². The summed E-state index contributed by atoms with van der Waals surface area (Å²) in [7, 11) is 0. The molecule has 1 heterocycles. The standard InChI is InChI=1S/C27H28N2O3/c1-5-19(4)20-6-9-23(10-7-20)31-16-26(30)28-22-8-11-25-24(15-22)29-27(32-25)21-13-17(2)12-18(3)14-21/h6-15,19H,5,16H2,1-4H3,(H,28,30)/t19-/m0/s1. The van der Waals surface area contributed by atoms with E-state index in [0.29, 0.717) is 34.3 Å². The molecule has 0 bridgehead atoms. The van der Waals surface area contributed by atoms with Crippen LogP contribution in [0.4, 0.5) is 5.69 Å². The smallest absolute Gasteiger partial charge is 0.262 e. The summed E-state index contributed by atoms with van der Waals surface area (Å²) in [5, 5.41) is 2.86. The summed E-state index contributed by atoms with van der Waals surface area (Å²) in [6, 6.07) is 19.6. The third kappa shape index (κ3) is 4.99. The van der Waals surface area contributed by atoms with Crippen molar-refractivity contribution < 1.29 is 13.9 Å². The summed E-state index contributed by atoms with van der Waals surface area (Å²) in [6.45, 7) is 8.40. The Hall–Kier alpha value is -3.60. The third-order valence-corrected chi connectivity index (χ3v) is 5.57. The molecule has 5 heteroatoms. The van der Waals surface area contributed by atoms with E-state index in [-0.39, 0.29) is 12.5 Å². The quantitative estimate of drug-likeness (QED) is 0.358. The van der Waals surface area contributed by atoms with E-state index in [1.165, 1.54) is 5.56 Å². The summed E-state index contributed by atoms with van der Waals surface area (Å²) in [4.78, 5) is 17.0. The van der Waals surface area contributed by atoms with Crippen molar-refractivity contribution in [2.24, 2.45) is 0 Å². The Labute approximate surface area is 188 Å². The number of anilines is 1. The number of hydrogen-bond donors (Lipinski definition) is 1. The topological polar surface area (TPSA) is 64.4 Å². The van der Waals surface area contributed by atoms with Crippen LogP contribution in [0.2, 0.25) is 0 Å². The minimum atomic E-state index is -0.228. The van der Waals surface area contributed by atoms with E-state index in [9.17, 15) is 4.79 Å². The lowest BCUT2D eigenvalue weighted by Gasteiger charge is -2.11. The number of hydrogen-bond acceptors (Lipinski definition) is 4. The van der Waals surface area contributed by atoms with Crippen LogP contribution < -0.4 is 10.1 Å². The first-order valence-corrected chi connectivity index (χ1v) is 10.9. The van der Waals surface area contributed by atoms with Gasteiger partial charge >= 0.3 is 0 Å². The monoisotopic (exact) mass is 428 g/mol. The van der Waals surface area contributed by atoms with Gasteiger partial charge in [-0.3, -0.25) is 4.79 Å². The second-order valence-corrected chi connectivity index (χ2v) is 8.29. The van der Waals surface area contributed by atoms with E-state index in [0.717, 1.165) is 23.1 Å². The largest absolute Gasteiger partial charge is 0.484 e. The van der Waals surface area contributed by atoms with Crippen LogP contribution in [0.3, 0.4) is 0 Å². The van der Waals surface area contributed by atoms with Gasteiger partial charge in [0.15, 0.2) is 12.2 Å². The number of nitrogens with zero attached hydrogens (tertiary/aromatic N) is 1. The zero-order valence-electron chi connectivity index (χ0n) is 18.9. The number of nitrogens with one attached hydrogen (secondary N) is 1. The fraction of sp³-hybridized carbons (Fsp3) is 0.259. The molecular formula is C27H28N2O3. The molecule has 1 N–H and O–H groups in total. The van der Waals surface area contributed by atoms with Crippen LogP contribution in [0.5, 0.6) is 5.75 Å². The van der Waals surface area contributed by atoms with Gasteiger partial charge in [-0.25, -0.2) is 4.98 Å². The highest BCUT2D eigenvalue weighted by atomic mass is 16.5. The molecule has 4 aromatic rings. The number of amides is 1. The van der Waals surface area contributed by atoms with Crippen LogP contribution in [-0.2, 0) is 4.79 Å². The molecule has 3 aromatic carbocycles. The Morgan fingerprint density at radius 1 is 1.03 bits per heavy atom. The van der Waals surface area contributed by atoms with Crippen molar-refractivity contribution in [2.75, 3.05) is 11.9 Å². The first-order chi connectivity index (χ1) is 15.4. The van der Waals surface area contributed by atoms with Gasteiger partial charge in [0.25, 0.3) is 5.91 Å². The number of carbonyl (C=O) groups excluding carboxylic acids is 1. The van der Waals surface area contributed by atoms with Crippen LogP contribution in [0.1, 0.15) is 42.9 Å². The first kappa shape index (κ1) is 21.6. The molecule has 5 nitrogen and oxygen atoms in total. The molecule has 1 aromatic heterocycles. The zero-order chi connectivity index (χ0) is 22.7. The van der Waals surface area contributed by atoms with Gasteiger partial charge in [0.1, 0.15) is 11.3 Å². The Balaban J connectivity index is 1.41. The molecule has 32 heavy (non-hydrogen) atoms. The number of oxazole rings is 1. The first-order valence-electron chi connectivity index (χ1n) is 10.9. The van der Waals surface area contributed by atoms with Crippen molar-refractivity contribution in [3.8, 4) is 17.2 Å². The number of aryl methyl sites for hydroxylation is 2. The predicted octanol–water partition coefficient (Wildman–Crippen LogP) is 6.64. The lowest BCUT2D eigenvalue weighted by molar-refractivity contribution is -0.118. The highest BCUT2D eigenvalue weighted by molar-refractivity contribution is 5.94. The van der Waals surface area contributed by atoms with Gasteiger partial charge in [0, 0.05) is 11.3 Å². The molecule has 0 aliphatic carbocycles. The summed E-state index contributed by atoms with van der Waals surface area (Å²) >= 11 is 0. The molecule has 164 valence electrons. The van der Waals surface area contributed by atoms with Gasteiger partial charge in [0.2, 0.25) is 5.89 Å². The highest BCUT2D eigenvalue weighted by Gasteiger charge is 2.11. The number of carbonyl (C=O) groups is 1.